The van der Waals surface area contributed by atoms with Gasteiger partial charge in [-0.05, 0) is 73.2 Å². The van der Waals surface area contributed by atoms with Gasteiger partial charge in [-0.3, -0.25) is 0 Å². The molecule has 0 aromatic heterocycles. The van der Waals surface area contributed by atoms with Crippen LogP contribution in [0.15, 0.2) is 24.3 Å². The lowest BCUT2D eigenvalue weighted by atomic mass is 9.76. The van der Waals surface area contributed by atoms with Gasteiger partial charge in [0.1, 0.15) is 13.9 Å². The van der Waals surface area contributed by atoms with E-state index in [0.29, 0.717) is 5.92 Å². The topological polar surface area (TPSA) is 0 Å². The van der Waals surface area contributed by atoms with Crippen LogP contribution in [0.2, 0.25) is 12.1 Å². The molecule has 0 radical (unpaired) electrons. The summed E-state index contributed by atoms with van der Waals surface area (Å²) in [5.41, 5.74) is 1.34. The minimum atomic E-state index is -0.794. The van der Waals surface area contributed by atoms with Crippen LogP contribution in [0.5, 0.6) is 0 Å². The Hall–Kier alpha value is -0.343. The minimum absolute atomic E-state index is 0.118. The normalized spacial score (nSPS) is 32.8. The molecule has 1 aromatic rings. The van der Waals surface area contributed by atoms with E-state index in [0.717, 1.165) is 11.8 Å². The van der Waals surface area contributed by atoms with Crippen molar-refractivity contribution in [1.82, 2.24) is 0 Å². The largest absolute Gasteiger partial charge is 0.207 e. The predicted molar refractivity (Wildman–Crippen MR) is 95.7 cm³/mol. The molecule has 0 atom stereocenters. The molecular weight excluding hydrogens is 311 g/mol. The zero-order valence-electron chi connectivity index (χ0n) is 13.4. The highest BCUT2D eigenvalue weighted by molar-refractivity contribution is 7.07. The molecule has 1 aliphatic heterocycles. The summed E-state index contributed by atoms with van der Waals surface area (Å²) in [4.78, 5) is 0. The Morgan fingerprint density at radius 1 is 0.864 bits per heavy atom. The van der Waals surface area contributed by atoms with E-state index in [2.05, 4.69) is 0 Å². The van der Waals surface area contributed by atoms with Crippen molar-refractivity contribution >= 4 is 19.2 Å². The third kappa shape index (κ3) is 4.58. The monoisotopic (exact) mass is 338 g/mol. The first kappa shape index (κ1) is 16.5. The molecule has 2 aliphatic rings. The van der Waals surface area contributed by atoms with Crippen LogP contribution < -0.4 is 0 Å². The van der Waals surface area contributed by atoms with E-state index in [-0.39, 0.29) is 5.82 Å². The first-order valence-corrected chi connectivity index (χ1v) is 12.5. The van der Waals surface area contributed by atoms with Crippen molar-refractivity contribution in [2.45, 2.75) is 69.4 Å². The van der Waals surface area contributed by atoms with Gasteiger partial charge in [-0.25, -0.2) is 4.39 Å². The van der Waals surface area contributed by atoms with Crippen molar-refractivity contribution in [3.8, 4) is 0 Å². The van der Waals surface area contributed by atoms with Gasteiger partial charge in [0, 0.05) is 0 Å². The summed E-state index contributed by atoms with van der Waals surface area (Å²) in [6, 6.07) is 9.91. The highest BCUT2D eigenvalue weighted by atomic mass is 35.6. The molecule has 1 saturated carbocycles. The molecule has 0 amide bonds. The van der Waals surface area contributed by atoms with Crippen molar-refractivity contribution in [3.05, 3.63) is 35.6 Å². The van der Waals surface area contributed by atoms with Crippen molar-refractivity contribution in [1.29, 1.82) is 0 Å². The van der Waals surface area contributed by atoms with Crippen molar-refractivity contribution < 1.29 is 4.39 Å². The van der Waals surface area contributed by atoms with Gasteiger partial charge in [0.05, 0.1) is 0 Å². The molecule has 0 bridgehead atoms. The summed E-state index contributed by atoms with van der Waals surface area (Å²) in [6.07, 6.45) is 11.0. The Bertz CT molecular complexity index is 445. The molecule has 2 fully saturated rings. The quantitative estimate of drug-likeness (QED) is 0.449. The Kier molecular flexibility index (Phi) is 5.98. The first-order valence-electron chi connectivity index (χ1n) is 9.10. The fraction of sp³-hybridized carbons (Fsp3) is 0.684. The second-order valence-electron chi connectivity index (χ2n) is 7.46. The van der Waals surface area contributed by atoms with E-state index < -0.39 is 8.11 Å². The SMILES string of the molecule is Fc1ccc([C@H]2CC[C@H](CCC3CC[SiH](Cl)CC3)CC2)cc1. The maximum absolute atomic E-state index is 13.0. The van der Waals surface area contributed by atoms with Gasteiger partial charge in [-0.1, -0.05) is 37.8 Å². The van der Waals surface area contributed by atoms with Crippen LogP contribution in [0.3, 0.4) is 0 Å². The van der Waals surface area contributed by atoms with Crippen molar-refractivity contribution in [2.75, 3.05) is 0 Å². The van der Waals surface area contributed by atoms with E-state index >= 15 is 0 Å². The molecule has 122 valence electrons. The molecule has 0 nitrogen and oxygen atoms in total. The third-order valence-corrected chi connectivity index (χ3v) is 9.18. The summed E-state index contributed by atoms with van der Waals surface area (Å²) in [5, 5.41) is 0. The average molecular weight is 339 g/mol. The smallest absolute Gasteiger partial charge is 0.141 e. The van der Waals surface area contributed by atoms with Gasteiger partial charge < -0.3 is 0 Å². The van der Waals surface area contributed by atoms with Crippen LogP contribution in [-0.2, 0) is 0 Å². The Morgan fingerprint density at radius 2 is 1.41 bits per heavy atom. The van der Waals surface area contributed by atoms with Crippen molar-refractivity contribution in [2.24, 2.45) is 11.8 Å². The molecule has 1 saturated heterocycles. The number of hydrogen-bond donors (Lipinski definition) is 0. The zero-order chi connectivity index (χ0) is 15.4. The van der Waals surface area contributed by atoms with E-state index in [9.17, 15) is 4.39 Å². The van der Waals surface area contributed by atoms with Crippen LogP contribution in [0, 0.1) is 17.7 Å². The number of hydrogen-bond acceptors (Lipinski definition) is 0. The number of halogens is 2. The lowest BCUT2D eigenvalue weighted by molar-refractivity contribution is 0.280. The maximum Gasteiger partial charge on any atom is 0.141 e. The van der Waals surface area contributed by atoms with Crippen LogP contribution in [0.1, 0.15) is 62.8 Å². The Balaban J connectivity index is 1.39. The summed E-state index contributed by atoms with van der Waals surface area (Å²) in [7, 11) is -0.794. The minimum Gasteiger partial charge on any atom is -0.207 e. The molecule has 1 aromatic carbocycles. The molecule has 0 N–H and O–H groups in total. The van der Waals surface area contributed by atoms with Gasteiger partial charge in [0.2, 0.25) is 0 Å². The standard InChI is InChI=1S/C19H28ClFSi/c20-22-13-11-16(12-14-22)2-1-15-3-5-17(6-4-15)18-7-9-19(21)10-8-18/h7-10,15-17,22H,1-6,11-14H2/t15-,16?,17-,22?. The van der Waals surface area contributed by atoms with Gasteiger partial charge in [-0.2, -0.15) is 11.1 Å². The van der Waals surface area contributed by atoms with Crippen LogP contribution in [0.4, 0.5) is 4.39 Å². The highest BCUT2D eigenvalue weighted by Gasteiger charge is 2.25. The van der Waals surface area contributed by atoms with Gasteiger partial charge in [0.15, 0.2) is 0 Å². The second kappa shape index (κ2) is 7.96. The van der Waals surface area contributed by atoms with Gasteiger partial charge >= 0.3 is 0 Å². The molecule has 22 heavy (non-hydrogen) atoms. The molecule has 1 heterocycles. The van der Waals surface area contributed by atoms with Gasteiger partial charge in [0.25, 0.3) is 0 Å². The zero-order valence-corrected chi connectivity index (χ0v) is 15.4. The Labute approximate surface area is 140 Å². The lowest BCUT2D eigenvalue weighted by Crippen LogP contribution is -2.18. The van der Waals surface area contributed by atoms with E-state index in [1.165, 1.54) is 69.0 Å². The average Bonchev–Trinajstić information content (AvgIpc) is 2.56. The first-order chi connectivity index (χ1) is 10.7. The molecule has 3 heteroatoms. The van der Waals surface area contributed by atoms with Gasteiger partial charge in [-0.15, -0.1) is 0 Å². The second-order valence-corrected chi connectivity index (χ2v) is 11.7. The fourth-order valence-corrected chi connectivity index (χ4v) is 7.11. The Morgan fingerprint density at radius 3 is 2.00 bits per heavy atom. The predicted octanol–water partition coefficient (Wildman–Crippen LogP) is 6.25. The third-order valence-electron chi connectivity index (χ3n) is 5.95. The molecular formula is C19H28ClFSi. The summed E-state index contributed by atoms with van der Waals surface area (Å²) in [5.74, 6) is 2.45. The molecule has 0 unspecified atom stereocenters. The summed E-state index contributed by atoms with van der Waals surface area (Å²) in [6.45, 7) is 0. The number of benzene rings is 1. The van der Waals surface area contributed by atoms with Crippen LogP contribution >= 0.6 is 11.1 Å². The van der Waals surface area contributed by atoms with Crippen molar-refractivity contribution in [3.63, 3.8) is 0 Å². The van der Waals surface area contributed by atoms with E-state index in [1.807, 2.05) is 12.1 Å². The molecule has 0 spiro atoms. The molecule has 3 rings (SSSR count). The van der Waals surface area contributed by atoms with Crippen LogP contribution in [-0.4, -0.2) is 8.11 Å². The van der Waals surface area contributed by atoms with Crippen LogP contribution in [0.25, 0.3) is 0 Å². The summed E-state index contributed by atoms with van der Waals surface area (Å²) >= 11 is 6.33. The fourth-order valence-electron chi connectivity index (χ4n) is 4.40. The maximum atomic E-state index is 13.0. The number of rotatable bonds is 4. The van der Waals surface area contributed by atoms with E-state index in [1.54, 1.807) is 12.1 Å². The van der Waals surface area contributed by atoms with E-state index in [4.69, 9.17) is 11.1 Å². The molecule has 1 aliphatic carbocycles. The lowest BCUT2D eigenvalue weighted by Gasteiger charge is -2.31. The summed E-state index contributed by atoms with van der Waals surface area (Å²) < 4.78 is 13.0. The highest BCUT2D eigenvalue weighted by Crippen LogP contribution is 2.39.